The van der Waals surface area contributed by atoms with Crippen molar-refractivity contribution in [1.29, 1.82) is 0 Å². The molecule has 3 amide bonds. The van der Waals surface area contributed by atoms with Crippen LogP contribution in [0.5, 0.6) is 0 Å². The van der Waals surface area contributed by atoms with Crippen LogP contribution in [0.4, 0.5) is 5.69 Å². The van der Waals surface area contributed by atoms with Crippen LogP contribution in [0, 0.1) is 0 Å². The summed E-state index contributed by atoms with van der Waals surface area (Å²) in [5.41, 5.74) is 1.19. The maximum atomic E-state index is 12.0. The summed E-state index contributed by atoms with van der Waals surface area (Å²) in [7, 11) is 5.17. The predicted molar refractivity (Wildman–Crippen MR) is 93.0 cm³/mol. The average Bonchev–Trinajstić information content (AvgIpc) is 2.52. The van der Waals surface area contributed by atoms with Gasteiger partial charge in [-0.25, -0.2) is 0 Å². The van der Waals surface area contributed by atoms with E-state index in [1.54, 1.807) is 45.4 Å². The van der Waals surface area contributed by atoms with Crippen LogP contribution < -0.4 is 15.5 Å². The molecule has 1 aromatic carbocycles. The molecule has 1 rings (SSSR count). The molecule has 7 nitrogen and oxygen atoms in total. The van der Waals surface area contributed by atoms with E-state index in [1.165, 1.54) is 4.90 Å². The van der Waals surface area contributed by atoms with E-state index >= 15 is 0 Å². The molecule has 0 aliphatic heterocycles. The first-order chi connectivity index (χ1) is 11.3. The number of anilines is 1. The number of rotatable bonds is 8. The summed E-state index contributed by atoms with van der Waals surface area (Å²) >= 11 is 0. The second kappa shape index (κ2) is 9.67. The number of quaternary nitrogens is 1. The Hall–Kier alpha value is -2.41. The SMILES string of the molecule is CCCNC(=O)C[NH+](C)CC(=O)Nc1ccc(C(=O)N(C)C)cc1. The Balaban J connectivity index is 2.47. The number of nitrogens with zero attached hydrogens (tertiary/aromatic N) is 1. The minimum Gasteiger partial charge on any atom is -0.351 e. The molecule has 0 radical (unpaired) electrons. The van der Waals surface area contributed by atoms with Crippen molar-refractivity contribution in [3.05, 3.63) is 29.8 Å². The van der Waals surface area contributed by atoms with Gasteiger partial charge in [0.2, 0.25) is 0 Å². The second-order valence-electron chi connectivity index (χ2n) is 5.99. The van der Waals surface area contributed by atoms with Crippen molar-refractivity contribution in [2.75, 3.05) is 46.1 Å². The third-order valence-electron chi connectivity index (χ3n) is 3.32. The number of hydrogen-bond acceptors (Lipinski definition) is 3. The average molecular weight is 335 g/mol. The number of carbonyl (C=O) groups excluding carboxylic acids is 3. The number of amides is 3. The molecule has 0 aromatic heterocycles. The van der Waals surface area contributed by atoms with Gasteiger partial charge in [-0.1, -0.05) is 6.92 Å². The molecule has 3 N–H and O–H groups in total. The Bertz CT molecular complexity index is 570. The summed E-state index contributed by atoms with van der Waals surface area (Å²) < 4.78 is 0. The molecule has 0 bridgehead atoms. The van der Waals surface area contributed by atoms with E-state index in [4.69, 9.17) is 0 Å². The summed E-state index contributed by atoms with van der Waals surface area (Å²) in [5.74, 6) is -0.327. The van der Waals surface area contributed by atoms with E-state index in [1.807, 2.05) is 6.92 Å². The highest BCUT2D eigenvalue weighted by atomic mass is 16.2. The van der Waals surface area contributed by atoms with Gasteiger partial charge in [0, 0.05) is 31.9 Å². The van der Waals surface area contributed by atoms with Crippen LogP contribution in [0.1, 0.15) is 23.7 Å². The van der Waals surface area contributed by atoms with Crippen molar-refractivity contribution in [2.24, 2.45) is 0 Å². The van der Waals surface area contributed by atoms with E-state index in [9.17, 15) is 14.4 Å². The normalized spacial score (nSPS) is 11.5. The molecule has 7 heteroatoms. The Morgan fingerprint density at radius 3 is 2.17 bits per heavy atom. The van der Waals surface area contributed by atoms with Gasteiger partial charge in [-0.3, -0.25) is 14.4 Å². The Labute approximate surface area is 143 Å². The highest BCUT2D eigenvalue weighted by Crippen LogP contribution is 2.10. The highest BCUT2D eigenvalue weighted by molar-refractivity contribution is 5.95. The summed E-state index contributed by atoms with van der Waals surface area (Å²) in [6, 6.07) is 6.73. The molecule has 132 valence electrons. The van der Waals surface area contributed by atoms with Gasteiger partial charge in [-0.15, -0.1) is 0 Å². The molecule has 0 aliphatic carbocycles. The molecule has 0 aliphatic rings. The standard InChI is InChI=1S/C17H26N4O3/c1-5-10-18-15(22)11-21(4)12-16(23)19-14-8-6-13(7-9-14)17(24)20(2)3/h6-9H,5,10-12H2,1-4H3,(H,18,22)(H,19,23)/p+1. The topological polar surface area (TPSA) is 83.0 Å². The second-order valence-corrected chi connectivity index (χ2v) is 5.99. The molecule has 1 unspecified atom stereocenters. The van der Waals surface area contributed by atoms with Crippen LogP contribution in [0.25, 0.3) is 0 Å². The van der Waals surface area contributed by atoms with Crippen molar-refractivity contribution < 1.29 is 19.3 Å². The molecule has 1 atom stereocenters. The summed E-state index contributed by atoms with van der Waals surface area (Å²) in [6.07, 6.45) is 0.887. The molecule has 0 saturated heterocycles. The molecular weight excluding hydrogens is 308 g/mol. The van der Waals surface area contributed by atoms with Crippen LogP contribution in [0.2, 0.25) is 0 Å². The van der Waals surface area contributed by atoms with Gasteiger partial charge in [-0.05, 0) is 30.7 Å². The number of carbonyl (C=O) groups is 3. The van der Waals surface area contributed by atoms with Crippen LogP contribution in [0.3, 0.4) is 0 Å². The van der Waals surface area contributed by atoms with Crippen molar-refractivity contribution in [3.63, 3.8) is 0 Å². The van der Waals surface area contributed by atoms with Crippen molar-refractivity contribution >= 4 is 23.4 Å². The molecular formula is C17H27N4O3+. The van der Waals surface area contributed by atoms with Crippen molar-refractivity contribution in [1.82, 2.24) is 10.2 Å². The van der Waals surface area contributed by atoms with E-state index in [2.05, 4.69) is 10.6 Å². The fraction of sp³-hybridized carbons (Fsp3) is 0.471. The van der Waals surface area contributed by atoms with Gasteiger partial charge in [0.25, 0.3) is 17.7 Å². The van der Waals surface area contributed by atoms with E-state index < -0.39 is 0 Å². The van der Waals surface area contributed by atoms with Crippen LogP contribution in [-0.2, 0) is 9.59 Å². The first kappa shape index (κ1) is 19.6. The van der Waals surface area contributed by atoms with Crippen LogP contribution >= 0.6 is 0 Å². The Kier molecular flexibility index (Phi) is 7.91. The Morgan fingerprint density at radius 1 is 1.04 bits per heavy atom. The fourth-order valence-corrected chi connectivity index (χ4v) is 2.10. The fourth-order valence-electron chi connectivity index (χ4n) is 2.10. The summed E-state index contributed by atoms with van der Waals surface area (Å²) in [6.45, 7) is 3.08. The zero-order valence-corrected chi connectivity index (χ0v) is 14.8. The van der Waals surface area contributed by atoms with E-state index in [0.717, 1.165) is 11.3 Å². The number of hydrogen-bond donors (Lipinski definition) is 3. The van der Waals surface area contributed by atoms with Gasteiger partial charge in [0.05, 0.1) is 7.05 Å². The first-order valence-corrected chi connectivity index (χ1v) is 8.03. The van der Waals surface area contributed by atoms with Gasteiger partial charge < -0.3 is 20.4 Å². The molecule has 1 aromatic rings. The zero-order chi connectivity index (χ0) is 18.1. The lowest BCUT2D eigenvalue weighted by atomic mass is 10.2. The highest BCUT2D eigenvalue weighted by Gasteiger charge is 2.14. The predicted octanol–water partition coefficient (Wildman–Crippen LogP) is -0.632. The third-order valence-corrected chi connectivity index (χ3v) is 3.32. The Morgan fingerprint density at radius 2 is 1.62 bits per heavy atom. The van der Waals surface area contributed by atoms with Crippen LogP contribution in [0.15, 0.2) is 24.3 Å². The number of likely N-dealkylation sites (N-methyl/N-ethyl adjacent to an activating group) is 1. The van der Waals surface area contributed by atoms with Gasteiger partial charge in [0.1, 0.15) is 0 Å². The van der Waals surface area contributed by atoms with E-state index in [-0.39, 0.29) is 30.8 Å². The summed E-state index contributed by atoms with van der Waals surface area (Å²) in [4.78, 5) is 37.7. The van der Waals surface area contributed by atoms with Crippen molar-refractivity contribution in [2.45, 2.75) is 13.3 Å². The third kappa shape index (κ3) is 6.78. The molecule has 0 saturated carbocycles. The lowest BCUT2D eigenvalue weighted by Crippen LogP contribution is -3.11. The number of benzene rings is 1. The maximum absolute atomic E-state index is 12.0. The maximum Gasteiger partial charge on any atom is 0.279 e. The first-order valence-electron chi connectivity index (χ1n) is 8.03. The largest absolute Gasteiger partial charge is 0.351 e. The molecule has 24 heavy (non-hydrogen) atoms. The molecule has 0 fully saturated rings. The van der Waals surface area contributed by atoms with Gasteiger partial charge in [-0.2, -0.15) is 0 Å². The lowest BCUT2D eigenvalue weighted by molar-refractivity contribution is -0.862. The van der Waals surface area contributed by atoms with Crippen molar-refractivity contribution in [3.8, 4) is 0 Å². The molecule has 0 spiro atoms. The monoisotopic (exact) mass is 335 g/mol. The minimum absolute atomic E-state index is 0.0614. The van der Waals surface area contributed by atoms with Crippen LogP contribution in [-0.4, -0.2) is 63.4 Å². The smallest absolute Gasteiger partial charge is 0.279 e. The minimum atomic E-state index is -0.178. The quantitative estimate of drug-likeness (QED) is 0.591. The lowest BCUT2D eigenvalue weighted by Gasteiger charge is -2.14. The van der Waals surface area contributed by atoms with Gasteiger partial charge in [0.15, 0.2) is 13.1 Å². The van der Waals surface area contributed by atoms with E-state index in [0.29, 0.717) is 17.8 Å². The van der Waals surface area contributed by atoms with Gasteiger partial charge >= 0.3 is 0 Å². The number of nitrogens with one attached hydrogen (secondary N) is 3. The molecule has 0 heterocycles. The zero-order valence-electron chi connectivity index (χ0n) is 14.8. The summed E-state index contributed by atoms with van der Waals surface area (Å²) in [5, 5.41) is 5.55.